The molecule has 0 spiro atoms. The van der Waals surface area contributed by atoms with Crippen molar-refractivity contribution in [2.75, 3.05) is 5.32 Å². The van der Waals surface area contributed by atoms with Crippen molar-refractivity contribution in [3.05, 3.63) is 71.7 Å². The van der Waals surface area contributed by atoms with Crippen LogP contribution in [0.25, 0.3) is 10.9 Å². The largest absolute Gasteiger partial charge is 0.322 e. The maximum atomic E-state index is 13.2. The van der Waals surface area contributed by atoms with Crippen molar-refractivity contribution in [2.24, 2.45) is 0 Å². The number of carbonyl (C=O) groups is 1. The molecule has 2 aromatic carbocycles. The van der Waals surface area contributed by atoms with Gasteiger partial charge in [0.2, 0.25) is 0 Å². The summed E-state index contributed by atoms with van der Waals surface area (Å²) < 4.78 is 13.2. The highest BCUT2D eigenvalue weighted by Crippen LogP contribution is 2.20. The van der Waals surface area contributed by atoms with E-state index in [1.165, 1.54) is 12.1 Å². The Kier molecular flexibility index (Phi) is 3.36. The minimum Gasteiger partial charge on any atom is -0.322 e. The monoisotopic (exact) mass is 280 g/mol. The number of halogens is 1. The number of anilines is 1. The first-order chi connectivity index (χ1) is 10.1. The molecule has 3 rings (SSSR count). The van der Waals surface area contributed by atoms with E-state index in [9.17, 15) is 9.18 Å². The van der Waals surface area contributed by atoms with E-state index in [-0.39, 0.29) is 11.7 Å². The van der Waals surface area contributed by atoms with Crippen LogP contribution in [0.4, 0.5) is 10.1 Å². The number of amides is 1. The summed E-state index contributed by atoms with van der Waals surface area (Å²) in [6.07, 6.45) is 0. The normalized spacial score (nSPS) is 10.6. The molecule has 3 aromatic rings. The van der Waals surface area contributed by atoms with Gasteiger partial charge < -0.3 is 5.32 Å². The zero-order chi connectivity index (χ0) is 14.8. The zero-order valence-corrected chi connectivity index (χ0v) is 11.4. The molecule has 0 bridgehead atoms. The van der Waals surface area contributed by atoms with Crippen LogP contribution in [0.3, 0.4) is 0 Å². The lowest BCUT2D eigenvalue weighted by atomic mass is 10.1. The smallest absolute Gasteiger partial charge is 0.256 e. The van der Waals surface area contributed by atoms with Crippen molar-refractivity contribution in [2.45, 2.75) is 6.92 Å². The second kappa shape index (κ2) is 5.32. The Morgan fingerprint density at radius 1 is 1.10 bits per heavy atom. The number of aryl methyl sites for hydroxylation is 1. The molecular formula is C17H13FN2O. The minimum atomic E-state index is -0.386. The third-order valence-corrected chi connectivity index (χ3v) is 3.17. The quantitative estimate of drug-likeness (QED) is 0.772. The number of carbonyl (C=O) groups excluding carboxylic acids is 1. The maximum Gasteiger partial charge on any atom is 0.256 e. The molecule has 0 radical (unpaired) electrons. The van der Waals surface area contributed by atoms with Crippen molar-refractivity contribution in [1.82, 2.24) is 4.98 Å². The zero-order valence-electron chi connectivity index (χ0n) is 11.4. The Labute approximate surface area is 121 Å². The Hall–Kier alpha value is -2.75. The molecule has 104 valence electrons. The van der Waals surface area contributed by atoms with Crippen LogP contribution in [0.1, 0.15) is 16.1 Å². The lowest BCUT2D eigenvalue weighted by Crippen LogP contribution is -2.13. The molecule has 21 heavy (non-hydrogen) atoms. The van der Waals surface area contributed by atoms with Crippen molar-refractivity contribution in [3.63, 3.8) is 0 Å². The second-order valence-corrected chi connectivity index (χ2v) is 4.79. The number of aromatic nitrogens is 1. The predicted octanol–water partition coefficient (Wildman–Crippen LogP) is 3.93. The summed E-state index contributed by atoms with van der Waals surface area (Å²) in [5, 5.41) is 3.49. The van der Waals surface area contributed by atoms with Gasteiger partial charge in [0.05, 0.1) is 11.1 Å². The number of hydrogen-bond acceptors (Lipinski definition) is 2. The van der Waals surface area contributed by atoms with E-state index in [2.05, 4.69) is 10.3 Å². The molecule has 1 amide bonds. The fourth-order valence-electron chi connectivity index (χ4n) is 2.26. The number of benzene rings is 2. The summed E-state index contributed by atoms with van der Waals surface area (Å²) in [4.78, 5) is 16.8. The molecule has 0 saturated heterocycles. The van der Waals surface area contributed by atoms with Crippen LogP contribution < -0.4 is 5.32 Å². The second-order valence-electron chi connectivity index (χ2n) is 4.79. The van der Waals surface area contributed by atoms with Crippen LogP contribution in [-0.2, 0) is 0 Å². The van der Waals surface area contributed by atoms with Gasteiger partial charge in [-0.15, -0.1) is 0 Å². The topological polar surface area (TPSA) is 42.0 Å². The number of rotatable bonds is 2. The Bertz CT molecular complexity index is 830. The maximum absolute atomic E-state index is 13.2. The fraction of sp³-hybridized carbons (Fsp3) is 0.0588. The van der Waals surface area contributed by atoms with Gasteiger partial charge in [0.25, 0.3) is 5.91 Å². The number of fused-ring (bicyclic) bond motifs is 1. The van der Waals surface area contributed by atoms with E-state index in [4.69, 9.17) is 0 Å². The summed E-state index contributed by atoms with van der Waals surface area (Å²) >= 11 is 0. The van der Waals surface area contributed by atoms with Gasteiger partial charge in [-0.1, -0.05) is 24.3 Å². The third-order valence-electron chi connectivity index (χ3n) is 3.17. The van der Waals surface area contributed by atoms with Crippen molar-refractivity contribution in [1.29, 1.82) is 0 Å². The van der Waals surface area contributed by atoms with Gasteiger partial charge in [0.15, 0.2) is 0 Å². The van der Waals surface area contributed by atoms with Crippen molar-refractivity contribution in [3.8, 4) is 0 Å². The Morgan fingerprint density at radius 3 is 2.71 bits per heavy atom. The lowest BCUT2D eigenvalue weighted by Gasteiger charge is -2.09. The SMILES string of the molecule is Cc1cc(C(=O)Nc2cccc(F)c2)c2ccccc2n1. The molecule has 0 unspecified atom stereocenters. The summed E-state index contributed by atoms with van der Waals surface area (Å²) in [5.41, 5.74) is 2.49. The predicted molar refractivity (Wildman–Crippen MR) is 80.8 cm³/mol. The van der Waals surface area contributed by atoms with Crippen molar-refractivity contribution < 1.29 is 9.18 Å². The van der Waals surface area contributed by atoms with Gasteiger partial charge in [0.1, 0.15) is 5.82 Å². The average Bonchev–Trinajstić information content (AvgIpc) is 2.46. The number of hydrogen-bond donors (Lipinski definition) is 1. The minimum absolute atomic E-state index is 0.276. The van der Waals surface area contributed by atoms with Crippen LogP contribution in [-0.4, -0.2) is 10.9 Å². The molecule has 0 atom stereocenters. The summed E-state index contributed by atoms with van der Waals surface area (Å²) in [6, 6.07) is 15.0. The molecule has 4 heteroatoms. The summed E-state index contributed by atoms with van der Waals surface area (Å²) in [5.74, 6) is -0.661. The fourth-order valence-corrected chi connectivity index (χ4v) is 2.26. The van der Waals surface area contributed by atoms with Gasteiger partial charge >= 0.3 is 0 Å². The van der Waals surface area contributed by atoms with Crippen LogP contribution in [0.15, 0.2) is 54.6 Å². The molecule has 0 saturated carbocycles. The first-order valence-electron chi connectivity index (χ1n) is 6.57. The number of nitrogens with zero attached hydrogens (tertiary/aromatic N) is 1. The van der Waals surface area contributed by atoms with E-state index in [0.717, 1.165) is 16.6 Å². The van der Waals surface area contributed by atoms with Gasteiger partial charge in [-0.25, -0.2) is 4.39 Å². The number of nitrogens with one attached hydrogen (secondary N) is 1. The molecule has 3 nitrogen and oxygen atoms in total. The van der Waals surface area contributed by atoms with E-state index in [1.807, 2.05) is 31.2 Å². The molecule has 1 N–H and O–H groups in total. The van der Waals surface area contributed by atoms with Crippen LogP contribution in [0.5, 0.6) is 0 Å². The molecule has 0 aliphatic rings. The van der Waals surface area contributed by atoms with E-state index >= 15 is 0 Å². The molecule has 0 aliphatic heterocycles. The Balaban J connectivity index is 2.02. The van der Waals surface area contributed by atoms with Gasteiger partial charge in [-0.2, -0.15) is 0 Å². The first kappa shape index (κ1) is 13.2. The summed E-state index contributed by atoms with van der Waals surface area (Å²) in [7, 11) is 0. The number of para-hydroxylation sites is 1. The highest BCUT2D eigenvalue weighted by molar-refractivity contribution is 6.12. The molecule has 0 fully saturated rings. The summed E-state index contributed by atoms with van der Waals surface area (Å²) in [6.45, 7) is 1.84. The molecule has 1 aromatic heterocycles. The molecular weight excluding hydrogens is 267 g/mol. The average molecular weight is 280 g/mol. The van der Waals surface area contributed by atoms with E-state index < -0.39 is 0 Å². The molecule has 0 aliphatic carbocycles. The van der Waals surface area contributed by atoms with E-state index in [1.54, 1.807) is 18.2 Å². The third kappa shape index (κ3) is 2.74. The van der Waals surface area contributed by atoms with Gasteiger partial charge in [-0.05, 0) is 37.3 Å². The highest BCUT2D eigenvalue weighted by Gasteiger charge is 2.12. The highest BCUT2D eigenvalue weighted by atomic mass is 19.1. The van der Waals surface area contributed by atoms with Crippen molar-refractivity contribution >= 4 is 22.5 Å². The Morgan fingerprint density at radius 2 is 1.90 bits per heavy atom. The first-order valence-corrected chi connectivity index (χ1v) is 6.57. The van der Waals surface area contributed by atoms with Gasteiger partial charge in [-0.3, -0.25) is 9.78 Å². The standard InChI is InChI=1S/C17H13FN2O/c1-11-9-15(14-7-2-3-8-16(14)19-11)17(21)20-13-6-4-5-12(18)10-13/h2-10H,1H3,(H,20,21). The number of pyridine rings is 1. The lowest BCUT2D eigenvalue weighted by molar-refractivity contribution is 0.102. The molecule has 1 heterocycles. The van der Waals surface area contributed by atoms with Crippen LogP contribution in [0.2, 0.25) is 0 Å². The van der Waals surface area contributed by atoms with Gasteiger partial charge in [0, 0.05) is 16.8 Å². The van der Waals surface area contributed by atoms with Crippen LogP contribution >= 0.6 is 0 Å². The van der Waals surface area contributed by atoms with Crippen LogP contribution in [0, 0.1) is 12.7 Å². The van der Waals surface area contributed by atoms with E-state index in [0.29, 0.717) is 11.3 Å².